The molecular formula is C37H34N2O7. The Morgan fingerprint density at radius 1 is 0.630 bits per heavy atom. The molecule has 0 bridgehead atoms. The van der Waals surface area contributed by atoms with Crippen LogP contribution in [0.4, 0.5) is 5.69 Å². The van der Waals surface area contributed by atoms with Crippen LogP contribution in [0.25, 0.3) is 43.1 Å². The van der Waals surface area contributed by atoms with Gasteiger partial charge in [-0.15, -0.1) is 0 Å². The predicted octanol–water partition coefficient (Wildman–Crippen LogP) is 8.86. The lowest BCUT2D eigenvalue weighted by Crippen LogP contribution is -2.47. The maximum Gasteiger partial charge on any atom is 0.346 e. The first-order valence-corrected chi connectivity index (χ1v) is 16.3. The highest BCUT2D eigenvalue weighted by Gasteiger charge is 2.39. The van der Waals surface area contributed by atoms with E-state index in [2.05, 4.69) is 13.8 Å². The van der Waals surface area contributed by atoms with Crippen LogP contribution in [0.3, 0.4) is 0 Å². The topological polar surface area (TPSA) is 124 Å². The first-order valence-electron chi connectivity index (χ1n) is 16.3. The third-order valence-electron chi connectivity index (χ3n) is 9.85. The maximum absolute atomic E-state index is 14.3. The molecule has 0 aliphatic carbocycles. The number of benzene rings is 5. The summed E-state index contributed by atoms with van der Waals surface area (Å²) >= 11 is 0. The summed E-state index contributed by atoms with van der Waals surface area (Å²) in [5, 5.41) is 16.3. The van der Waals surface area contributed by atoms with E-state index in [0.29, 0.717) is 48.8 Å². The number of amides is 2. The van der Waals surface area contributed by atoms with E-state index in [1.54, 1.807) is 30.3 Å². The lowest BCUT2D eigenvalue weighted by molar-refractivity contribution is -0.383. The molecular weight excluding hydrogens is 584 g/mol. The van der Waals surface area contributed by atoms with E-state index in [1.165, 1.54) is 11.0 Å². The average Bonchev–Trinajstić information content (AvgIpc) is 3.05. The molecule has 0 saturated heterocycles. The predicted molar refractivity (Wildman–Crippen MR) is 176 cm³/mol. The zero-order valence-electron chi connectivity index (χ0n) is 25.9. The van der Waals surface area contributed by atoms with Crippen LogP contribution >= 0.6 is 0 Å². The summed E-state index contributed by atoms with van der Waals surface area (Å²) in [6.07, 6.45) is 9.90. The van der Waals surface area contributed by atoms with Crippen LogP contribution in [0.1, 0.15) is 119 Å². The Balaban J connectivity index is 1.45. The third-order valence-corrected chi connectivity index (χ3v) is 9.85. The van der Waals surface area contributed by atoms with Crippen molar-refractivity contribution in [2.24, 2.45) is 0 Å². The molecule has 2 aliphatic heterocycles. The number of cyclic esters (lactones) is 2. The number of imide groups is 1. The summed E-state index contributed by atoms with van der Waals surface area (Å²) in [7, 11) is 0. The molecule has 5 aromatic rings. The Morgan fingerprint density at radius 2 is 1.15 bits per heavy atom. The number of carbonyl (C=O) groups excluding carboxylic acids is 4. The summed E-state index contributed by atoms with van der Waals surface area (Å²) in [5.74, 6) is -2.42. The van der Waals surface area contributed by atoms with Crippen molar-refractivity contribution in [1.29, 1.82) is 0 Å². The minimum Gasteiger partial charge on any atom is -0.386 e. The molecule has 7 rings (SSSR count). The van der Waals surface area contributed by atoms with Crippen LogP contribution in [-0.4, -0.2) is 39.6 Å². The molecule has 2 heterocycles. The number of hydrogen-bond donors (Lipinski definition) is 0. The van der Waals surface area contributed by atoms with E-state index in [0.717, 1.165) is 64.2 Å². The van der Waals surface area contributed by atoms with Gasteiger partial charge >= 0.3 is 11.9 Å². The highest BCUT2D eigenvalue weighted by atomic mass is 16.6. The van der Waals surface area contributed by atoms with Gasteiger partial charge < -0.3 is 4.74 Å². The van der Waals surface area contributed by atoms with Crippen molar-refractivity contribution >= 4 is 72.5 Å². The van der Waals surface area contributed by atoms with Crippen LogP contribution in [-0.2, 0) is 4.74 Å². The lowest BCUT2D eigenvalue weighted by Gasteiger charge is -2.35. The number of carbonyl (C=O) groups is 4. The number of rotatable bonds is 12. The van der Waals surface area contributed by atoms with Gasteiger partial charge in [-0.05, 0) is 52.6 Å². The second-order valence-electron chi connectivity index (χ2n) is 12.6. The number of hydrogen-bond acceptors (Lipinski definition) is 7. The molecule has 2 amide bonds. The van der Waals surface area contributed by atoms with Gasteiger partial charge in [-0.25, -0.2) is 9.59 Å². The maximum atomic E-state index is 14.3. The van der Waals surface area contributed by atoms with Crippen molar-refractivity contribution in [3.8, 4) is 0 Å². The van der Waals surface area contributed by atoms with E-state index >= 15 is 0 Å². The van der Waals surface area contributed by atoms with E-state index in [-0.39, 0.29) is 40.1 Å². The van der Waals surface area contributed by atoms with Gasteiger partial charge in [0.25, 0.3) is 17.5 Å². The summed E-state index contributed by atoms with van der Waals surface area (Å²) in [5.41, 5.74) is 0.604. The van der Waals surface area contributed by atoms with Crippen molar-refractivity contribution in [1.82, 2.24) is 4.90 Å². The van der Waals surface area contributed by atoms with Gasteiger partial charge in [0.2, 0.25) is 0 Å². The van der Waals surface area contributed by atoms with Gasteiger partial charge in [-0.2, -0.15) is 0 Å². The summed E-state index contributed by atoms with van der Waals surface area (Å²) in [6.45, 7) is 4.31. The Hall–Kier alpha value is -4.92. The zero-order valence-corrected chi connectivity index (χ0v) is 25.9. The standard InChI is InChI=1S/C37H34N2O7/c1-3-5-7-9-11-20(12-10-8-6-4-2)38-34(40)24-16-13-21-22-14-18-26-31-27(37(43)46-36(26)42)19-28(39(44)45)32(33(22)31)23-15-17-25(35(38)41)30(24)29(21)23/h13-20H,3-12H2,1-2H3. The lowest BCUT2D eigenvalue weighted by atomic mass is 9.82. The third kappa shape index (κ3) is 4.35. The summed E-state index contributed by atoms with van der Waals surface area (Å²) in [6, 6.07) is 11.1. The fourth-order valence-corrected chi connectivity index (χ4v) is 7.70. The largest absolute Gasteiger partial charge is 0.386 e. The number of nitro groups is 1. The van der Waals surface area contributed by atoms with Gasteiger partial charge in [0.15, 0.2) is 0 Å². The number of nitro benzene ring substituents is 1. The monoisotopic (exact) mass is 618 g/mol. The smallest absolute Gasteiger partial charge is 0.346 e. The second-order valence-corrected chi connectivity index (χ2v) is 12.6. The molecule has 5 aromatic carbocycles. The van der Waals surface area contributed by atoms with E-state index in [9.17, 15) is 29.3 Å². The molecule has 0 aromatic heterocycles. The summed E-state index contributed by atoms with van der Waals surface area (Å²) < 4.78 is 4.90. The van der Waals surface area contributed by atoms with Crippen LogP contribution < -0.4 is 0 Å². The minimum atomic E-state index is -0.935. The van der Waals surface area contributed by atoms with Gasteiger partial charge in [-0.3, -0.25) is 24.6 Å². The molecule has 9 nitrogen and oxygen atoms in total. The van der Waals surface area contributed by atoms with Gasteiger partial charge in [0, 0.05) is 39.4 Å². The highest BCUT2D eigenvalue weighted by molar-refractivity contribution is 6.41. The molecule has 0 atom stereocenters. The Bertz CT molecular complexity index is 2100. The Kier molecular flexibility index (Phi) is 7.42. The molecule has 0 unspecified atom stereocenters. The van der Waals surface area contributed by atoms with Gasteiger partial charge in [-0.1, -0.05) is 83.4 Å². The molecule has 234 valence electrons. The van der Waals surface area contributed by atoms with Gasteiger partial charge in [0.1, 0.15) is 0 Å². The Morgan fingerprint density at radius 3 is 1.74 bits per heavy atom. The number of fused-ring (bicyclic) bond motifs is 2. The highest BCUT2D eigenvalue weighted by Crippen LogP contribution is 2.49. The van der Waals surface area contributed by atoms with Crippen molar-refractivity contribution in [2.75, 3.05) is 0 Å². The number of nitrogens with zero attached hydrogens (tertiary/aromatic N) is 2. The minimum absolute atomic E-state index is 0.0409. The van der Waals surface area contributed by atoms with Crippen molar-refractivity contribution < 1.29 is 28.8 Å². The number of esters is 2. The van der Waals surface area contributed by atoms with Crippen molar-refractivity contribution in [2.45, 2.75) is 84.1 Å². The number of unbranched alkanes of at least 4 members (excludes halogenated alkanes) is 6. The molecule has 0 fully saturated rings. The fraction of sp³-hybridized carbons (Fsp3) is 0.351. The molecule has 9 heteroatoms. The fourth-order valence-electron chi connectivity index (χ4n) is 7.70. The Labute approximate surface area is 265 Å². The van der Waals surface area contributed by atoms with Crippen molar-refractivity contribution in [3.05, 3.63) is 74.8 Å². The van der Waals surface area contributed by atoms with E-state index < -0.39 is 16.9 Å². The first kappa shape index (κ1) is 29.8. The quantitative estimate of drug-likeness (QED) is 0.0200. The van der Waals surface area contributed by atoms with Crippen LogP contribution in [0.15, 0.2) is 42.5 Å². The molecule has 0 N–H and O–H groups in total. The van der Waals surface area contributed by atoms with Crippen LogP contribution in [0, 0.1) is 10.1 Å². The van der Waals surface area contributed by atoms with Crippen LogP contribution in [0.5, 0.6) is 0 Å². The zero-order chi connectivity index (χ0) is 32.3. The van der Waals surface area contributed by atoms with Gasteiger partial charge in [0.05, 0.1) is 21.4 Å². The average molecular weight is 619 g/mol. The van der Waals surface area contributed by atoms with Crippen LogP contribution in [0.2, 0.25) is 0 Å². The SMILES string of the molecule is CCCCCCC(CCCCCC)N1C(=O)c2ccc3c4ccc5c6c(cc([N+](=O)[O-])c(c7ccc(c2c37)C1=O)c64)C(=O)OC5=O. The number of ether oxygens (including phenoxy) is 1. The molecule has 0 radical (unpaired) electrons. The summed E-state index contributed by atoms with van der Waals surface area (Å²) in [4.78, 5) is 67.4. The first-order chi connectivity index (χ1) is 22.3. The molecule has 2 aliphatic rings. The molecule has 46 heavy (non-hydrogen) atoms. The normalized spacial score (nSPS) is 14.5. The van der Waals surface area contributed by atoms with Crippen molar-refractivity contribution in [3.63, 3.8) is 0 Å². The molecule has 0 spiro atoms. The number of non-ortho nitro benzene ring substituents is 1. The van der Waals surface area contributed by atoms with E-state index in [4.69, 9.17) is 4.74 Å². The van der Waals surface area contributed by atoms with E-state index in [1.807, 2.05) is 6.07 Å². The second kappa shape index (κ2) is 11.5. The molecule has 0 saturated carbocycles.